The van der Waals surface area contributed by atoms with Gasteiger partial charge < -0.3 is 20.7 Å². The smallest absolute Gasteiger partial charge is 0.236 e. The minimum absolute atomic E-state index is 0.00199. The molecule has 1 saturated carbocycles. The van der Waals surface area contributed by atoms with Gasteiger partial charge in [0.2, 0.25) is 5.91 Å². The van der Waals surface area contributed by atoms with Crippen LogP contribution in [-0.2, 0) is 4.79 Å². The van der Waals surface area contributed by atoms with E-state index in [4.69, 9.17) is 10.9 Å². The molecule has 0 heterocycles. The molecule has 0 aliphatic heterocycles. The number of hydrogen-bond acceptors (Lipinski definition) is 4. The van der Waals surface area contributed by atoms with E-state index < -0.39 is 5.41 Å². The SMILES string of the molecule is CCN(C(=O)C1(C(N)=NO)CCCC1)C(C)CN(C)C. The summed E-state index contributed by atoms with van der Waals surface area (Å²) in [7, 11) is 3.98. The highest BCUT2D eigenvalue weighted by Gasteiger charge is 2.48. The molecule has 1 rings (SSSR count). The maximum atomic E-state index is 13.0. The summed E-state index contributed by atoms with van der Waals surface area (Å²) in [6, 6.07) is 0.103. The van der Waals surface area contributed by atoms with Gasteiger partial charge in [0.15, 0.2) is 5.84 Å². The van der Waals surface area contributed by atoms with Gasteiger partial charge in [-0.05, 0) is 40.8 Å². The first-order valence-corrected chi connectivity index (χ1v) is 7.32. The predicted octanol–water partition coefficient (Wildman–Crippen LogP) is 1.09. The van der Waals surface area contributed by atoms with Gasteiger partial charge in [-0.2, -0.15) is 0 Å². The number of carbonyl (C=O) groups is 1. The van der Waals surface area contributed by atoms with Gasteiger partial charge in [0.25, 0.3) is 0 Å². The monoisotopic (exact) mass is 284 g/mol. The average Bonchev–Trinajstić information content (AvgIpc) is 2.88. The first-order valence-electron chi connectivity index (χ1n) is 7.32. The van der Waals surface area contributed by atoms with Crippen LogP contribution < -0.4 is 5.73 Å². The highest BCUT2D eigenvalue weighted by molar-refractivity contribution is 6.07. The summed E-state index contributed by atoms with van der Waals surface area (Å²) < 4.78 is 0. The Kier molecular flexibility index (Phi) is 5.80. The molecule has 20 heavy (non-hydrogen) atoms. The summed E-state index contributed by atoms with van der Waals surface area (Å²) in [6.07, 6.45) is 3.24. The normalized spacial score (nSPS) is 20.1. The van der Waals surface area contributed by atoms with Crippen molar-refractivity contribution < 1.29 is 10.0 Å². The number of amidine groups is 1. The Hall–Kier alpha value is -1.30. The summed E-state index contributed by atoms with van der Waals surface area (Å²) >= 11 is 0. The van der Waals surface area contributed by atoms with Crippen LogP contribution in [0.4, 0.5) is 0 Å². The van der Waals surface area contributed by atoms with Crippen LogP contribution in [0.2, 0.25) is 0 Å². The number of oxime groups is 1. The molecule has 1 fully saturated rings. The fourth-order valence-corrected chi connectivity index (χ4v) is 3.21. The van der Waals surface area contributed by atoms with Crippen molar-refractivity contribution in [2.75, 3.05) is 27.2 Å². The second-order valence-corrected chi connectivity index (χ2v) is 5.98. The lowest BCUT2D eigenvalue weighted by Gasteiger charge is -2.37. The van der Waals surface area contributed by atoms with Crippen molar-refractivity contribution in [1.29, 1.82) is 0 Å². The van der Waals surface area contributed by atoms with Crippen molar-refractivity contribution in [2.45, 2.75) is 45.6 Å². The maximum absolute atomic E-state index is 13.0. The van der Waals surface area contributed by atoms with E-state index in [1.54, 1.807) is 0 Å². The van der Waals surface area contributed by atoms with Crippen LogP contribution in [0.25, 0.3) is 0 Å². The van der Waals surface area contributed by atoms with Gasteiger partial charge in [-0.15, -0.1) is 0 Å². The molecule has 0 radical (unpaired) electrons. The quantitative estimate of drug-likeness (QED) is 0.331. The maximum Gasteiger partial charge on any atom is 0.236 e. The van der Waals surface area contributed by atoms with Crippen molar-refractivity contribution >= 4 is 11.7 Å². The van der Waals surface area contributed by atoms with Crippen LogP contribution in [0.15, 0.2) is 5.16 Å². The lowest BCUT2D eigenvalue weighted by Crippen LogP contribution is -2.54. The Morgan fingerprint density at radius 3 is 2.35 bits per heavy atom. The van der Waals surface area contributed by atoms with E-state index in [0.29, 0.717) is 19.4 Å². The highest BCUT2D eigenvalue weighted by atomic mass is 16.4. The van der Waals surface area contributed by atoms with Gasteiger partial charge in [-0.3, -0.25) is 4.79 Å². The molecular formula is C14H28N4O2. The molecule has 0 aromatic rings. The van der Waals surface area contributed by atoms with Crippen molar-refractivity contribution in [2.24, 2.45) is 16.3 Å². The van der Waals surface area contributed by atoms with Gasteiger partial charge in [0.05, 0.1) is 0 Å². The third kappa shape index (κ3) is 3.23. The van der Waals surface area contributed by atoms with Gasteiger partial charge in [0, 0.05) is 19.1 Å². The second kappa shape index (κ2) is 6.92. The molecule has 1 amide bonds. The van der Waals surface area contributed by atoms with Crippen LogP contribution in [0.1, 0.15) is 39.5 Å². The molecule has 0 spiro atoms. The Morgan fingerprint density at radius 2 is 1.95 bits per heavy atom. The molecule has 3 N–H and O–H groups in total. The van der Waals surface area contributed by atoms with E-state index in [0.717, 1.165) is 19.4 Å². The van der Waals surface area contributed by atoms with Crippen LogP contribution in [-0.4, -0.2) is 60.0 Å². The lowest BCUT2D eigenvalue weighted by molar-refractivity contribution is -0.140. The minimum Gasteiger partial charge on any atom is -0.409 e. The van der Waals surface area contributed by atoms with E-state index in [9.17, 15) is 4.79 Å². The van der Waals surface area contributed by atoms with Crippen molar-refractivity contribution in [3.63, 3.8) is 0 Å². The molecule has 1 atom stereocenters. The average molecular weight is 284 g/mol. The zero-order chi connectivity index (χ0) is 15.3. The van der Waals surface area contributed by atoms with E-state index >= 15 is 0 Å². The molecule has 1 aliphatic rings. The summed E-state index contributed by atoms with van der Waals surface area (Å²) in [5.41, 5.74) is 5.05. The molecular weight excluding hydrogens is 256 g/mol. The van der Waals surface area contributed by atoms with Gasteiger partial charge in [0.1, 0.15) is 5.41 Å². The topological polar surface area (TPSA) is 82.2 Å². The van der Waals surface area contributed by atoms with Crippen molar-refractivity contribution in [3.05, 3.63) is 0 Å². The lowest BCUT2D eigenvalue weighted by atomic mass is 9.82. The summed E-state index contributed by atoms with van der Waals surface area (Å²) in [5, 5.41) is 12.2. The van der Waals surface area contributed by atoms with E-state index in [1.807, 2.05) is 32.8 Å². The number of nitrogens with two attached hydrogens (primary N) is 1. The molecule has 1 aliphatic carbocycles. The first-order chi connectivity index (χ1) is 9.39. The first kappa shape index (κ1) is 16.8. The zero-order valence-electron chi connectivity index (χ0n) is 13.1. The number of nitrogens with zero attached hydrogens (tertiary/aromatic N) is 3. The summed E-state index contributed by atoms with van der Waals surface area (Å²) in [5.74, 6) is 0.0673. The van der Waals surface area contributed by atoms with Crippen LogP contribution in [0.5, 0.6) is 0 Å². The van der Waals surface area contributed by atoms with Crippen LogP contribution >= 0.6 is 0 Å². The Labute approximate surface area is 121 Å². The number of carbonyl (C=O) groups excluding carboxylic acids is 1. The van der Waals surface area contributed by atoms with Gasteiger partial charge in [-0.1, -0.05) is 18.0 Å². The molecule has 116 valence electrons. The van der Waals surface area contributed by atoms with Crippen LogP contribution in [0, 0.1) is 5.41 Å². The van der Waals surface area contributed by atoms with Crippen molar-refractivity contribution in [3.8, 4) is 0 Å². The second-order valence-electron chi connectivity index (χ2n) is 5.98. The number of amides is 1. The standard InChI is InChI=1S/C14H28N4O2/c1-5-18(11(2)10-17(3)4)13(19)14(12(15)16-20)8-6-7-9-14/h11,20H,5-10H2,1-4H3,(H2,15,16). The molecule has 1 unspecified atom stereocenters. The number of hydrogen-bond donors (Lipinski definition) is 2. The minimum atomic E-state index is -0.800. The summed E-state index contributed by atoms with van der Waals surface area (Å²) in [4.78, 5) is 16.9. The fourth-order valence-electron chi connectivity index (χ4n) is 3.21. The fraction of sp³-hybridized carbons (Fsp3) is 0.857. The Bertz CT molecular complexity index is 362. The number of rotatable bonds is 6. The van der Waals surface area contributed by atoms with Crippen LogP contribution in [0.3, 0.4) is 0 Å². The molecule has 6 nitrogen and oxygen atoms in total. The van der Waals surface area contributed by atoms with Gasteiger partial charge in [-0.25, -0.2) is 0 Å². The largest absolute Gasteiger partial charge is 0.409 e. The van der Waals surface area contributed by atoms with E-state index in [1.165, 1.54) is 0 Å². The molecule has 0 bridgehead atoms. The molecule has 0 saturated heterocycles. The number of likely N-dealkylation sites (N-methyl/N-ethyl adjacent to an activating group) is 2. The van der Waals surface area contributed by atoms with Gasteiger partial charge >= 0.3 is 0 Å². The highest BCUT2D eigenvalue weighted by Crippen LogP contribution is 2.40. The summed E-state index contributed by atoms with van der Waals surface area (Å²) in [6.45, 7) is 5.44. The zero-order valence-corrected chi connectivity index (χ0v) is 13.1. The Balaban J connectivity index is 2.98. The molecule has 0 aromatic carbocycles. The Morgan fingerprint density at radius 1 is 1.40 bits per heavy atom. The predicted molar refractivity (Wildman–Crippen MR) is 79.7 cm³/mol. The molecule has 0 aromatic heterocycles. The van der Waals surface area contributed by atoms with E-state index in [2.05, 4.69) is 10.1 Å². The van der Waals surface area contributed by atoms with Crippen molar-refractivity contribution in [1.82, 2.24) is 9.80 Å². The third-order valence-electron chi connectivity index (χ3n) is 4.23. The molecule has 6 heteroatoms. The third-order valence-corrected chi connectivity index (χ3v) is 4.23. The van der Waals surface area contributed by atoms with E-state index in [-0.39, 0.29) is 17.8 Å².